The lowest BCUT2D eigenvalue weighted by Gasteiger charge is -2.05. The molecule has 0 aliphatic heterocycles. The van der Waals surface area contributed by atoms with Gasteiger partial charge in [0.05, 0.1) is 0 Å². The number of hydrogen-bond acceptors (Lipinski definition) is 3. The highest BCUT2D eigenvalue weighted by molar-refractivity contribution is 7.99. The van der Waals surface area contributed by atoms with Gasteiger partial charge in [0.25, 0.3) is 0 Å². The van der Waals surface area contributed by atoms with E-state index in [2.05, 4.69) is 13.8 Å². The van der Waals surface area contributed by atoms with Gasteiger partial charge in [-0.05, 0) is 24.5 Å². The Morgan fingerprint density at radius 2 is 2.07 bits per heavy atom. The van der Waals surface area contributed by atoms with Crippen LogP contribution >= 0.6 is 11.8 Å². The van der Waals surface area contributed by atoms with E-state index in [-0.39, 0.29) is 5.97 Å². The van der Waals surface area contributed by atoms with Gasteiger partial charge in [-0.15, -0.1) is 0 Å². The second kappa shape index (κ2) is 9.38. The standard InChI is InChI=1S/C11H22O2S/c1-4-5-11(12)13-7-9-14-8-6-10(2)3/h10H,4-9H2,1-3H3. The molecule has 2 nitrogen and oxygen atoms in total. The molecule has 14 heavy (non-hydrogen) atoms. The first kappa shape index (κ1) is 13.8. The second-order valence-electron chi connectivity index (χ2n) is 3.77. The van der Waals surface area contributed by atoms with E-state index in [0.717, 1.165) is 18.1 Å². The van der Waals surface area contributed by atoms with Crippen LogP contribution in [-0.4, -0.2) is 24.1 Å². The van der Waals surface area contributed by atoms with Gasteiger partial charge in [-0.25, -0.2) is 0 Å². The quantitative estimate of drug-likeness (QED) is 0.462. The molecule has 84 valence electrons. The summed E-state index contributed by atoms with van der Waals surface area (Å²) in [7, 11) is 0. The zero-order valence-corrected chi connectivity index (χ0v) is 10.4. The van der Waals surface area contributed by atoms with Crippen LogP contribution in [0.25, 0.3) is 0 Å². The first-order valence-corrected chi connectivity index (χ1v) is 6.55. The third kappa shape index (κ3) is 9.90. The van der Waals surface area contributed by atoms with Crippen molar-refractivity contribution in [3.63, 3.8) is 0 Å². The predicted octanol–water partition coefficient (Wildman–Crippen LogP) is 3.11. The average molecular weight is 218 g/mol. The summed E-state index contributed by atoms with van der Waals surface area (Å²) in [5.41, 5.74) is 0. The highest BCUT2D eigenvalue weighted by Crippen LogP contribution is 2.08. The average Bonchev–Trinajstić information content (AvgIpc) is 2.11. The van der Waals surface area contributed by atoms with Gasteiger partial charge in [-0.1, -0.05) is 20.8 Å². The largest absolute Gasteiger partial charge is 0.465 e. The minimum atomic E-state index is -0.0584. The van der Waals surface area contributed by atoms with E-state index >= 15 is 0 Å². The minimum absolute atomic E-state index is 0.0584. The molecule has 0 unspecified atom stereocenters. The molecule has 0 aromatic carbocycles. The Kier molecular flexibility index (Phi) is 9.26. The van der Waals surface area contributed by atoms with E-state index in [1.807, 2.05) is 18.7 Å². The predicted molar refractivity (Wildman–Crippen MR) is 62.6 cm³/mol. The summed E-state index contributed by atoms with van der Waals surface area (Å²) >= 11 is 1.86. The zero-order valence-electron chi connectivity index (χ0n) is 9.54. The number of ether oxygens (including phenoxy) is 1. The smallest absolute Gasteiger partial charge is 0.305 e. The summed E-state index contributed by atoms with van der Waals surface area (Å²) < 4.78 is 5.03. The highest BCUT2D eigenvalue weighted by atomic mass is 32.2. The molecule has 0 atom stereocenters. The van der Waals surface area contributed by atoms with E-state index in [9.17, 15) is 4.79 Å². The third-order valence-corrected chi connectivity index (χ3v) is 2.76. The molecule has 0 fully saturated rings. The second-order valence-corrected chi connectivity index (χ2v) is 4.99. The maximum absolute atomic E-state index is 11.0. The molecule has 0 saturated heterocycles. The van der Waals surface area contributed by atoms with Crippen LogP contribution < -0.4 is 0 Å². The van der Waals surface area contributed by atoms with Crippen molar-refractivity contribution in [2.24, 2.45) is 5.92 Å². The van der Waals surface area contributed by atoms with Crippen LogP contribution in [0.1, 0.15) is 40.0 Å². The molecule has 0 aromatic rings. The Morgan fingerprint density at radius 1 is 1.36 bits per heavy atom. The number of carbonyl (C=O) groups is 1. The molecule has 0 bridgehead atoms. The van der Waals surface area contributed by atoms with E-state index in [1.54, 1.807) is 0 Å². The molecule has 0 spiro atoms. The van der Waals surface area contributed by atoms with Gasteiger partial charge in [-0.2, -0.15) is 11.8 Å². The molecule has 0 saturated carbocycles. The normalized spacial score (nSPS) is 10.6. The summed E-state index contributed by atoms with van der Waals surface area (Å²) in [4.78, 5) is 11.0. The van der Waals surface area contributed by atoms with Crippen LogP contribution in [0.2, 0.25) is 0 Å². The maximum atomic E-state index is 11.0. The van der Waals surface area contributed by atoms with Crippen molar-refractivity contribution in [3.05, 3.63) is 0 Å². The molecule has 0 aliphatic carbocycles. The van der Waals surface area contributed by atoms with E-state index < -0.39 is 0 Å². The van der Waals surface area contributed by atoms with E-state index in [4.69, 9.17) is 4.74 Å². The molecule has 3 heteroatoms. The Morgan fingerprint density at radius 3 is 2.64 bits per heavy atom. The summed E-state index contributed by atoms with van der Waals surface area (Å²) in [5, 5.41) is 0. The van der Waals surface area contributed by atoms with Crippen molar-refractivity contribution in [2.75, 3.05) is 18.1 Å². The Hall–Kier alpha value is -0.180. The number of rotatable bonds is 8. The van der Waals surface area contributed by atoms with Crippen molar-refractivity contribution < 1.29 is 9.53 Å². The van der Waals surface area contributed by atoms with Crippen LogP contribution in [0, 0.1) is 5.92 Å². The maximum Gasteiger partial charge on any atom is 0.305 e. The first-order chi connectivity index (χ1) is 6.66. The lowest BCUT2D eigenvalue weighted by atomic mass is 10.2. The van der Waals surface area contributed by atoms with E-state index in [1.165, 1.54) is 12.2 Å². The number of hydrogen-bond donors (Lipinski definition) is 0. The van der Waals surface area contributed by atoms with Gasteiger partial charge in [0.15, 0.2) is 0 Å². The molecular formula is C11H22O2S. The van der Waals surface area contributed by atoms with Crippen LogP contribution in [0.5, 0.6) is 0 Å². The first-order valence-electron chi connectivity index (χ1n) is 5.40. The number of carbonyl (C=O) groups excluding carboxylic acids is 1. The monoisotopic (exact) mass is 218 g/mol. The van der Waals surface area contributed by atoms with Crippen molar-refractivity contribution in [2.45, 2.75) is 40.0 Å². The Bertz CT molecular complexity index is 146. The van der Waals surface area contributed by atoms with Crippen molar-refractivity contribution >= 4 is 17.7 Å². The number of esters is 1. The lowest BCUT2D eigenvalue weighted by molar-refractivity contribution is -0.142. The lowest BCUT2D eigenvalue weighted by Crippen LogP contribution is -2.07. The Balaban J connectivity index is 3.09. The molecule has 0 amide bonds. The molecule has 0 aliphatic rings. The van der Waals surface area contributed by atoms with Crippen LogP contribution in [-0.2, 0) is 9.53 Å². The van der Waals surface area contributed by atoms with Gasteiger partial charge in [-0.3, -0.25) is 4.79 Å². The zero-order chi connectivity index (χ0) is 10.8. The van der Waals surface area contributed by atoms with Crippen molar-refractivity contribution in [1.82, 2.24) is 0 Å². The summed E-state index contributed by atoms with van der Waals surface area (Å²) in [6.45, 7) is 7.00. The van der Waals surface area contributed by atoms with Gasteiger partial charge >= 0.3 is 5.97 Å². The highest BCUT2D eigenvalue weighted by Gasteiger charge is 2.00. The molecule has 0 heterocycles. The summed E-state index contributed by atoms with van der Waals surface area (Å²) in [6.07, 6.45) is 2.67. The fourth-order valence-electron chi connectivity index (χ4n) is 0.912. The van der Waals surface area contributed by atoms with Crippen molar-refractivity contribution in [1.29, 1.82) is 0 Å². The summed E-state index contributed by atoms with van der Waals surface area (Å²) in [6, 6.07) is 0. The molecule has 0 rings (SSSR count). The topological polar surface area (TPSA) is 26.3 Å². The van der Waals surface area contributed by atoms with Gasteiger partial charge in [0.2, 0.25) is 0 Å². The summed E-state index contributed by atoms with van der Waals surface area (Å²) in [5.74, 6) is 2.81. The molecular weight excluding hydrogens is 196 g/mol. The van der Waals surface area contributed by atoms with Gasteiger partial charge < -0.3 is 4.74 Å². The molecule has 0 radical (unpaired) electrons. The number of thioether (sulfide) groups is 1. The molecule has 0 N–H and O–H groups in total. The fourth-order valence-corrected chi connectivity index (χ4v) is 1.96. The van der Waals surface area contributed by atoms with Crippen LogP contribution in [0.15, 0.2) is 0 Å². The van der Waals surface area contributed by atoms with Crippen LogP contribution in [0.3, 0.4) is 0 Å². The molecule has 0 aromatic heterocycles. The SMILES string of the molecule is CCCC(=O)OCCSCCC(C)C. The fraction of sp³-hybridized carbons (Fsp3) is 0.909. The van der Waals surface area contributed by atoms with Gasteiger partial charge in [0, 0.05) is 12.2 Å². The Labute approximate surface area is 91.8 Å². The minimum Gasteiger partial charge on any atom is -0.465 e. The van der Waals surface area contributed by atoms with Crippen molar-refractivity contribution in [3.8, 4) is 0 Å². The van der Waals surface area contributed by atoms with E-state index in [0.29, 0.717) is 13.0 Å². The van der Waals surface area contributed by atoms with Gasteiger partial charge in [0.1, 0.15) is 6.61 Å². The van der Waals surface area contributed by atoms with Crippen LogP contribution in [0.4, 0.5) is 0 Å². The third-order valence-electron chi connectivity index (χ3n) is 1.78.